The standard InChI is InChI=1S/C19H24N4O3S/c1-13(2)20-16(24)11-26-17(25)12-27-19-22-21-18(15-8-9-15)23(19)10-14-6-4-3-5-7-14/h3-7,13,15H,8-12H2,1-2H3,(H,20,24). The van der Waals surface area contributed by atoms with Gasteiger partial charge in [0.2, 0.25) is 0 Å². The van der Waals surface area contributed by atoms with Crippen LogP contribution in [-0.4, -0.2) is 45.0 Å². The summed E-state index contributed by atoms with van der Waals surface area (Å²) in [4.78, 5) is 23.5. The van der Waals surface area contributed by atoms with Gasteiger partial charge in [0, 0.05) is 12.0 Å². The summed E-state index contributed by atoms with van der Waals surface area (Å²) in [5.41, 5.74) is 1.16. The minimum absolute atomic E-state index is 0.0166. The van der Waals surface area contributed by atoms with Gasteiger partial charge in [-0.3, -0.25) is 9.59 Å². The van der Waals surface area contributed by atoms with Crippen molar-refractivity contribution < 1.29 is 14.3 Å². The van der Waals surface area contributed by atoms with E-state index in [-0.39, 0.29) is 24.3 Å². The molecule has 0 unspecified atom stereocenters. The number of ether oxygens (including phenoxy) is 1. The molecule has 1 aromatic carbocycles. The SMILES string of the molecule is CC(C)NC(=O)COC(=O)CSc1nnc(C2CC2)n1Cc1ccccc1. The van der Waals surface area contributed by atoms with Gasteiger partial charge in [0.05, 0.1) is 12.3 Å². The van der Waals surface area contributed by atoms with Crippen LogP contribution in [0.4, 0.5) is 0 Å². The molecule has 1 saturated carbocycles. The molecule has 0 aliphatic heterocycles. The van der Waals surface area contributed by atoms with E-state index in [2.05, 4.69) is 32.2 Å². The van der Waals surface area contributed by atoms with Crippen LogP contribution in [0.15, 0.2) is 35.5 Å². The fourth-order valence-electron chi connectivity index (χ4n) is 2.64. The van der Waals surface area contributed by atoms with E-state index < -0.39 is 5.97 Å². The van der Waals surface area contributed by atoms with E-state index >= 15 is 0 Å². The number of nitrogens with one attached hydrogen (secondary N) is 1. The molecule has 1 fully saturated rings. The summed E-state index contributed by atoms with van der Waals surface area (Å²) in [6.45, 7) is 4.12. The number of nitrogens with zero attached hydrogens (tertiary/aromatic N) is 3. The van der Waals surface area contributed by atoms with Crippen LogP contribution in [0.25, 0.3) is 0 Å². The summed E-state index contributed by atoms with van der Waals surface area (Å²) < 4.78 is 7.10. The van der Waals surface area contributed by atoms with E-state index in [1.165, 1.54) is 11.8 Å². The van der Waals surface area contributed by atoms with Gasteiger partial charge < -0.3 is 14.6 Å². The van der Waals surface area contributed by atoms with E-state index in [4.69, 9.17) is 4.74 Å². The predicted octanol–water partition coefficient (Wildman–Crippen LogP) is 2.36. The summed E-state index contributed by atoms with van der Waals surface area (Å²) in [6.07, 6.45) is 2.26. The van der Waals surface area contributed by atoms with Crippen LogP contribution in [0.1, 0.15) is 44.0 Å². The van der Waals surface area contributed by atoms with Crippen LogP contribution >= 0.6 is 11.8 Å². The molecular formula is C19H24N4O3S. The maximum Gasteiger partial charge on any atom is 0.316 e. The molecule has 1 heterocycles. The third-order valence-electron chi connectivity index (χ3n) is 4.00. The van der Waals surface area contributed by atoms with Gasteiger partial charge in [0.15, 0.2) is 11.8 Å². The van der Waals surface area contributed by atoms with Crippen molar-refractivity contribution in [2.24, 2.45) is 0 Å². The number of aromatic nitrogens is 3. The van der Waals surface area contributed by atoms with E-state index in [0.29, 0.717) is 17.6 Å². The highest BCUT2D eigenvalue weighted by molar-refractivity contribution is 7.99. The Hall–Kier alpha value is -2.35. The normalized spacial score (nSPS) is 13.6. The number of rotatable bonds is 9. The Labute approximate surface area is 162 Å². The smallest absolute Gasteiger partial charge is 0.316 e. The van der Waals surface area contributed by atoms with Crippen molar-refractivity contribution in [2.75, 3.05) is 12.4 Å². The lowest BCUT2D eigenvalue weighted by molar-refractivity contribution is -0.146. The molecule has 27 heavy (non-hydrogen) atoms. The number of carbonyl (C=O) groups excluding carboxylic acids is 2. The molecule has 8 heteroatoms. The van der Waals surface area contributed by atoms with Crippen LogP contribution in [0.5, 0.6) is 0 Å². The maximum absolute atomic E-state index is 11.9. The summed E-state index contributed by atoms with van der Waals surface area (Å²) >= 11 is 1.29. The molecule has 2 aromatic rings. The fraction of sp³-hybridized carbons (Fsp3) is 0.474. The second-order valence-electron chi connectivity index (χ2n) is 6.86. The number of amides is 1. The highest BCUT2D eigenvalue weighted by atomic mass is 32.2. The average Bonchev–Trinajstić information content (AvgIpc) is 3.41. The predicted molar refractivity (Wildman–Crippen MR) is 103 cm³/mol. The summed E-state index contributed by atoms with van der Waals surface area (Å²) in [7, 11) is 0. The zero-order valence-corrected chi connectivity index (χ0v) is 16.4. The average molecular weight is 388 g/mol. The molecule has 7 nitrogen and oxygen atoms in total. The number of carbonyl (C=O) groups is 2. The lowest BCUT2D eigenvalue weighted by atomic mass is 10.2. The van der Waals surface area contributed by atoms with Gasteiger partial charge in [-0.2, -0.15) is 0 Å². The third kappa shape index (κ3) is 5.82. The Bertz CT molecular complexity index is 788. The highest BCUT2D eigenvalue weighted by Crippen LogP contribution is 2.40. The molecule has 144 valence electrons. The first-order valence-corrected chi connectivity index (χ1v) is 10.1. The van der Waals surface area contributed by atoms with E-state index in [0.717, 1.165) is 24.2 Å². The van der Waals surface area contributed by atoms with Gasteiger partial charge in [-0.1, -0.05) is 42.1 Å². The molecule has 1 N–H and O–H groups in total. The number of thioether (sulfide) groups is 1. The molecule has 0 radical (unpaired) electrons. The number of hydrogen-bond acceptors (Lipinski definition) is 6. The Kier molecular flexibility index (Phi) is 6.49. The van der Waals surface area contributed by atoms with Gasteiger partial charge >= 0.3 is 5.97 Å². The molecular weight excluding hydrogens is 364 g/mol. The monoisotopic (exact) mass is 388 g/mol. The van der Waals surface area contributed by atoms with E-state index in [1.807, 2.05) is 32.0 Å². The van der Waals surface area contributed by atoms with Gasteiger partial charge in [-0.15, -0.1) is 10.2 Å². The lowest BCUT2D eigenvalue weighted by Gasteiger charge is -2.10. The highest BCUT2D eigenvalue weighted by Gasteiger charge is 2.30. The van der Waals surface area contributed by atoms with E-state index in [9.17, 15) is 9.59 Å². The van der Waals surface area contributed by atoms with Crippen LogP contribution in [0.2, 0.25) is 0 Å². The van der Waals surface area contributed by atoms with Crippen molar-refractivity contribution in [1.82, 2.24) is 20.1 Å². The van der Waals surface area contributed by atoms with Crippen molar-refractivity contribution in [1.29, 1.82) is 0 Å². The first kappa shape index (κ1) is 19.4. The molecule has 1 aliphatic rings. The van der Waals surface area contributed by atoms with Crippen LogP contribution < -0.4 is 5.32 Å². The Morgan fingerprint density at radius 3 is 2.67 bits per heavy atom. The lowest BCUT2D eigenvalue weighted by Crippen LogP contribution is -2.34. The number of esters is 1. The second-order valence-corrected chi connectivity index (χ2v) is 7.80. The maximum atomic E-state index is 11.9. The van der Waals surface area contributed by atoms with Crippen molar-refractivity contribution in [3.63, 3.8) is 0 Å². The zero-order chi connectivity index (χ0) is 19.2. The first-order chi connectivity index (χ1) is 13.0. The Balaban J connectivity index is 1.58. The minimum Gasteiger partial charge on any atom is -0.455 e. The van der Waals surface area contributed by atoms with Gasteiger partial charge in [0.1, 0.15) is 5.82 Å². The van der Waals surface area contributed by atoms with Crippen molar-refractivity contribution >= 4 is 23.6 Å². The quantitative estimate of drug-likeness (QED) is 0.524. The summed E-state index contributed by atoms with van der Waals surface area (Å²) in [5, 5.41) is 12.0. The zero-order valence-electron chi connectivity index (χ0n) is 15.6. The van der Waals surface area contributed by atoms with Gasteiger partial charge in [0.25, 0.3) is 5.91 Å². The third-order valence-corrected chi connectivity index (χ3v) is 4.94. The molecule has 1 amide bonds. The summed E-state index contributed by atoms with van der Waals surface area (Å²) in [5.74, 6) is 0.785. The Morgan fingerprint density at radius 2 is 2.00 bits per heavy atom. The van der Waals surface area contributed by atoms with Crippen molar-refractivity contribution in [2.45, 2.75) is 50.4 Å². The molecule has 0 bridgehead atoms. The minimum atomic E-state index is -0.443. The van der Waals surface area contributed by atoms with Crippen molar-refractivity contribution in [3.05, 3.63) is 41.7 Å². The molecule has 1 aromatic heterocycles. The summed E-state index contributed by atoms with van der Waals surface area (Å²) in [6, 6.07) is 10.1. The topological polar surface area (TPSA) is 86.1 Å². The number of benzene rings is 1. The van der Waals surface area contributed by atoms with Crippen LogP contribution in [-0.2, 0) is 20.9 Å². The van der Waals surface area contributed by atoms with Gasteiger partial charge in [-0.25, -0.2) is 0 Å². The second kappa shape index (κ2) is 9.03. The first-order valence-electron chi connectivity index (χ1n) is 9.07. The molecule has 0 spiro atoms. The molecule has 3 rings (SSSR count). The van der Waals surface area contributed by atoms with Crippen molar-refractivity contribution in [3.8, 4) is 0 Å². The van der Waals surface area contributed by atoms with Crippen LogP contribution in [0, 0.1) is 0 Å². The molecule has 1 aliphatic carbocycles. The number of hydrogen-bond donors (Lipinski definition) is 1. The largest absolute Gasteiger partial charge is 0.455 e. The Morgan fingerprint density at radius 1 is 1.26 bits per heavy atom. The molecule has 0 saturated heterocycles. The fourth-order valence-corrected chi connectivity index (χ4v) is 3.38. The molecule has 0 atom stereocenters. The van der Waals surface area contributed by atoms with Crippen LogP contribution in [0.3, 0.4) is 0 Å². The van der Waals surface area contributed by atoms with E-state index in [1.54, 1.807) is 0 Å². The van der Waals surface area contributed by atoms with Gasteiger partial charge in [-0.05, 0) is 32.3 Å².